The minimum Gasteiger partial charge on any atom is -0.481 e. The van der Waals surface area contributed by atoms with E-state index in [4.69, 9.17) is 9.47 Å². The molecule has 1 atom stereocenters. The standard InChI is InChI=1S/C20H22O4S/c21-20(22)13-16(9-5-4-8-15-6-2-1-3-7-15)25-17-10-11-18-19(12-17)24-14-23-18/h1-3,6-7,10-12,16H,4-5,8-9,13-14H2,(H,21,22). The van der Waals surface area contributed by atoms with E-state index in [2.05, 4.69) is 24.3 Å². The number of fused-ring (bicyclic) bond motifs is 1. The molecule has 0 saturated heterocycles. The van der Waals surface area contributed by atoms with Crippen LogP contribution in [-0.4, -0.2) is 23.1 Å². The van der Waals surface area contributed by atoms with Gasteiger partial charge in [-0.3, -0.25) is 4.79 Å². The van der Waals surface area contributed by atoms with Crippen LogP contribution in [0, 0.1) is 0 Å². The number of aryl methyl sites for hydroxylation is 1. The molecule has 0 fully saturated rings. The van der Waals surface area contributed by atoms with Crippen molar-refractivity contribution in [1.29, 1.82) is 0 Å². The van der Waals surface area contributed by atoms with Crippen molar-refractivity contribution in [3.05, 3.63) is 54.1 Å². The van der Waals surface area contributed by atoms with Crippen molar-refractivity contribution in [3.63, 3.8) is 0 Å². The average molecular weight is 358 g/mol. The molecular weight excluding hydrogens is 336 g/mol. The van der Waals surface area contributed by atoms with E-state index in [0.29, 0.717) is 0 Å². The van der Waals surface area contributed by atoms with Gasteiger partial charge in [0, 0.05) is 10.1 Å². The van der Waals surface area contributed by atoms with Crippen molar-refractivity contribution in [2.75, 3.05) is 6.79 Å². The number of carbonyl (C=O) groups is 1. The lowest BCUT2D eigenvalue weighted by molar-refractivity contribution is -0.137. The first-order valence-corrected chi connectivity index (χ1v) is 9.41. The molecule has 1 heterocycles. The van der Waals surface area contributed by atoms with Crippen LogP contribution in [0.1, 0.15) is 31.2 Å². The van der Waals surface area contributed by atoms with Gasteiger partial charge in [-0.1, -0.05) is 36.8 Å². The molecule has 1 aliphatic rings. The number of unbranched alkanes of at least 4 members (excludes halogenated alkanes) is 1. The van der Waals surface area contributed by atoms with Crippen LogP contribution in [0.5, 0.6) is 11.5 Å². The summed E-state index contributed by atoms with van der Waals surface area (Å²) in [6, 6.07) is 16.2. The van der Waals surface area contributed by atoms with Crippen LogP contribution in [0.25, 0.3) is 0 Å². The Hall–Kier alpha value is -2.14. The molecule has 5 heteroatoms. The number of benzene rings is 2. The van der Waals surface area contributed by atoms with E-state index >= 15 is 0 Å². The van der Waals surface area contributed by atoms with Crippen LogP contribution in [0.4, 0.5) is 0 Å². The molecule has 1 aliphatic heterocycles. The topological polar surface area (TPSA) is 55.8 Å². The summed E-state index contributed by atoms with van der Waals surface area (Å²) in [6.45, 7) is 0.251. The van der Waals surface area contributed by atoms with Gasteiger partial charge in [0.25, 0.3) is 0 Å². The molecule has 0 amide bonds. The average Bonchev–Trinajstić information content (AvgIpc) is 3.07. The molecule has 1 unspecified atom stereocenters. The van der Waals surface area contributed by atoms with Gasteiger partial charge in [-0.25, -0.2) is 0 Å². The molecule has 0 spiro atoms. The van der Waals surface area contributed by atoms with Crippen LogP contribution in [-0.2, 0) is 11.2 Å². The van der Waals surface area contributed by atoms with Crippen LogP contribution >= 0.6 is 11.8 Å². The Bertz CT molecular complexity index is 702. The van der Waals surface area contributed by atoms with Crippen molar-refractivity contribution in [1.82, 2.24) is 0 Å². The molecule has 4 nitrogen and oxygen atoms in total. The smallest absolute Gasteiger partial charge is 0.304 e. The lowest BCUT2D eigenvalue weighted by atomic mass is 10.1. The third-order valence-corrected chi connectivity index (χ3v) is 5.40. The highest BCUT2D eigenvalue weighted by atomic mass is 32.2. The SMILES string of the molecule is O=C(O)CC(CCCCc1ccccc1)Sc1ccc2c(c1)OCO2. The monoisotopic (exact) mass is 358 g/mol. The minimum absolute atomic E-state index is 0.0636. The van der Waals surface area contributed by atoms with Crippen LogP contribution in [0.2, 0.25) is 0 Å². The number of hydrogen-bond acceptors (Lipinski definition) is 4. The second kappa shape index (κ2) is 8.81. The largest absolute Gasteiger partial charge is 0.481 e. The summed E-state index contributed by atoms with van der Waals surface area (Å²) in [5.41, 5.74) is 1.33. The molecule has 0 aliphatic carbocycles. The Morgan fingerprint density at radius 2 is 1.88 bits per heavy atom. The number of hydrogen-bond donors (Lipinski definition) is 1. The molecule has 0 saturated carbocycles. The number of ether oxygens (including phenoxy) is 2. The Morgan fingerprint density at radius 3 is 2.68 bits per heavy atom. The number of carboxylic acid groups (broad SMARTS) is 1. The van der Waals surface area contributed by atoms with Crippen LogP contribution in [0.15, 0.2) is 53.4 Å². The predicted molar refractivity (Wildman–Crippen MR) is 98.5 cm³/mol. The fourth-order valence-corrected chi connectivity index (χ4v) is 4.10. The fraction of sp³-hybridized carbons (Fsp3) is 0.350. The van der Waals surface area contributed by atoms with Crippen molar-refractivity contribution in [3.8, 4) is 11.5 Å². The van der Waals surface area contributed by atoms with Crippen molar-refractivity contribution < 1.29 is 19.4 Å². The van der Waals surface area contributed by atoms with Crippen LogP contribution in [0.3, 0.4) is 0 Å². The summed E-state index contributed by atoms with van der Waals surface area (Å²) in [5, 5.41) is 9.26. The first kappa shape index (κ1) is 17.7. The fourth-order valence-electron chi connectivity index (χ4n) is 2.89. The molecule has 0 aromatic heterocycles. The van der Waals surface area contributed by atoms with Gasteiger partial charge in [-0.2, -0.15) is 0 Å². The third-order valence-electron chi connectivity index (χ3n) is 4.13. The quantitative estimate of drug-likeness (QED) is 0.517. The van der Waals surface area contributed by atoms with Gasteiger partial charge in [0.1, 0.15) is 0 Å². The first-order chi connectivity index (χ1) is 12.2. The molecule has 2 aromatic rings. The molecule has 2 aromatic carbocycles. The first-order valence-electron chi connectivity index (χ1n) is 8.53. The second-order valence-corrected chi connectivity index (χ2v) is 7.46. The van der Waals surface area contributed by atoms with E-state index in [1.165, 1.54) is 5.56 Å². The highest BCUT2D eigenvalue weighted by molar-refractivity contribution is 8.00. The summed E-state index contributed by atoms with van der Waals surface area (Å²) >= 11 is 1.61. The van der Waals surface area contributed by atoms with Crippen molar-refractivity contribution in [2.45, 2.75) is 42.2 Å². The van der Waals surface area contributed by atoms with E-state index in [9.17, 15) is 9.90 Å². The van der Waals surface area contributed by atoms with Gasteiger partial charge in [0.2, 0.25) is 6.79 Å². The lowest BCUT2D eigenvalue weighted by Crippen LogP contribution is -2.10. The zero-order valence-electron chi connectivity index (χ0n) is 14.0. The Labute approximate surface area is 152 Å². The van der Waals surface area contributed by atoms with Gasteiger partial charge >= 0.3 is 5.97 Å². The second-order valence-electron chi connectivity index (χ2n) is 6.08. The highest BCUT2D eigenvalue weighted by Gasteiger charge is 2.18. The van der Waals surface area contributed by atoms with E-state index in [-0.39, 0.29) is 18.5 Å². The maximum atomic E-state index is 11.2. The predicted octanol–water partition coefficient (Wildman–Crippen LogP) is 4.76. The summed E-state index contributed by atoms with van der Waals surface area (Å²) < 4.78 is 10.7. The number of rotatable bonds is 9. The molecule has 25 heavy (non-hydrogen) atoms. The lowest BCUT2D eigenvalue weighted by Gasteiger charge is -2.15. The summed E-state index contributed by atoms with van der Waals surface area (Å²) in [7, 11) is 0. The van der Waals surface area contributed by atoms with Crippen LogP contribution < -0.4 is 9.47 Å². The Balaban J connectivity index is 1.51. The van der Waals surface area contributed by atoms with Crippen molar-refractivity contribution >= 4 is 17.7 Å². The molecule has 1 N–H and O–H groups in total. The zero-order valence-corrected chi connectivity index (χ0v) is 14.8. The van der Waals surface area contributed by atoms with Gasteiger partial charge in [-0.15, -0.1) is 11.8 Å². The maximum Gasteiger partial charge on any atom is 0.304 e. The van der Waals surface area contributed by atoms with E-state index in [0.717, 1.165) is 42.1 Å². The maximum absolute atomic E-state index is 11.2. The number of carboxylic acids is 1. The summed E-state index contributed by atoms with van der Waals surface area (Å²) in [5.74, 6) is 0.742. The molecule has 0 bridgehead atoms. The Kier molecular flexibility index (Phi) is 6.23. The van der Waals surface area contributed by atoms with Gasteiger partial charge in [0.15, 0.2) is 11.5 Å². The minimum atomic E-state index is -0.749. The van der Waals surface area contributed by atoms with E-state index in [1.54, 1.807) is 11.8 Å². The number of aliphatic carboxylic acids is 1. The van der Waals surface area contributed by atoms with E-state index in [1.807, 2.05) is 24.3 Å². The zero-order chi connectivity index (χ0) is 17.5. The normalized spacial score (nSPS) is 13.6. The van der Waals surface area contributed by atoms with Crippen molar-refractivity contribution in [2.24, 2.45) is 0 Å². The third kappa shape index (κ3) is 5.43. The molecule has 132 valence electrons. The molecule has 0 radical (unpaired) electrons. The Morgan fingerprint density at radius 1 is 1.08 bits per heavy atom. The summed E-state index contributed by atoms with van der Waals surface area (Å²) in [6.07, 6.45) is 4.18. The molecule has 3 rings (SSSR count). The number of thioether (sulfide) groups is 1. The summed E-state index contributed by atoms with van der Waals surface area (Å²) in [4.78, 5) is 12.2. The van der Waals surface area contributed by atoms with Gasteiger partial charge < -0.3 is 14.6 Å². The van der Waals surface area contributed by atoms with Gasteiger partial charge in [-0.05, 0) is 43.0 Å². The van der Waals surface area contributed by atoms with Gasteiger partial charge in [0.05, 0.1) is 6.42 Å². The highest BCUT2D eigenvalue weighted by Crippen LogP contribution is 2.38. The molecular formula is C20H22O4S. The van der Waals surface area contributed by atoms with E-state index < -0.39 is 5.97 Å².